The van der Waals surface area contributed by atoms with Gasteiger partial charge in [-0.3, -0.25) is 9.98 Å². The zero-order valence-corrected chi connectivity index (χ0v) is 11.6. The van der Waals surface area contributed by atoms with E-state index in [-0.39, 0.29) is 0 Å². The second-order valence-corrected chi connectivity index (χ2v) is 4.38. The maximum absolute atomic E-state index is 5.32. The molecule has 0 saturated carbocycles. The highest BCUT2D eigenvalue weighted by Crippen LogP contribution is 2.18. The molecule has 98 valence electrons. The Hall–Kier alpha value is -2.16. The van der Waals surface area contributed by atoms with Gasteiger partial charge in [0.2, 0.25) is 0 Å². The molecule has 0 bridgehead atoms. The van der Waals surface area contributed by atoms with Gasteiger partial charge in [0.25, 0.3) is 0 Å². The largest absolute Gasteiger partial charge is 0.496 e. The molecule has 3 heteroatoms. The van der Waals surface area contributed by atoms with Crippen LogP contribution in [0.25, 0.3) is 0 Å². The van der Waals surface area contributed by atoms with Crippen molar-refractivity contribution in [1.82, 2.24) is 4.98 Å². The molecule has 2 aromatic rings. The smallest absolute Gasteiger partial charge is 0.123 e. The summed E-state index contributed by atoms with van der Waals surface area (Å²) in [4.78, 5) is 8.98. The molecule has 0 N–H and O–H groups in total. The van der Waals surface area contributed by atoms with Crippen molar-refractivity contribution in [3.05, 3.63) is 59.4 Å². The zero-order valence-electron chi connectivity index (χ0n) is 11.6. The number of ether oxygens (including phenoxy) is 1. The molecule has 0 saturated heterocycles. The number of rotatable bonds is 4. The van der Waals surface area contributed by atoms with Crippen molar-refractivity contribution in [2.45, 2.75) is 20.4 Å². The first-order valence-electron chi connectivity index (χ1n) is 6.27. The lowest BCUT2D eigenvalue weighted by atomic mass is 10.1. The molecule has 0 fully saturated rings. The van der Waals surface area contributed by atoms with Gasteiger partial charge in [0.05, 0.1) is 25.1 Å². The second kappa shape index (κ2) is 6.14. The van der Waals surface area contributed by atoms with E-state index in [1.165, 1.54) is 0 Å². The molecule has 1 aromatic carbocycles. The van der Waals surface area contributed by atoms with Gasteiger partial charge in [0.15, 0.2) is 0 Å². The van der Waals surface area contributed by atoms with Crippen LogP contribution in [-0.2, 0) is 6.54 Å². The van der Waals surface area contributed by atoms with Crippen LogP contribution in [0.4, 0.5) is 0 Å². The quantitative estimate of drug-likeness (QED) is 0.784. The van der Waals surface area contributed by atoms with Crippen LogP contribution in [0.1, 0.15) is 23.7 Å². The molecule has 0 aliphatic carbocycles. The Morgan fingerprint density at radius 1 is 1.21 bits per heavy atom. The lowest BCUT2D eigenvalue weighted by Gasteiger charge is -2.07. The molecule has 19 heavy (non-hydrogen) atoms. The van der Waals surface area contributed by atoms with Crippen molar-refractivity contribution in [2.24, 2.45) is 4.99 Å². The number of aliphatic imine (C=N–C) groups is 1. The highest BCUT2D eigenvalue weighted by Gasteiger charge is 2.04. The number of aryl methyl sites for hydroxylation is 1. The van der Waals surface area contributed by atoms with E-state index in [1.54, 1.807) is 13.3 Å². The van der Waals surface area contributed by atoms with Crippen LogP contribution in [0.15, 0.2) is 47.6 Å². The predicted octanol–water partition coefficient (Wildman–Crippen LogP) is 3.41. The summed E-state index contributed by atoms with van der Waals surface area (Å²) >= 11 is 0. The molecule has 0 amide bonds. The fourth-order valence-electron chi connectivity index (χ4n) is 1.98. The third-order valence-electron chi connectivity index (χ3n) is 3.03. The summed E-state index contributed by atoms with van der Waals surface area (Å²) in [7, 11) is 1.68. The van der Waals surface area contributed by atoms with Crippen molar-refractivity contribution in [1.29, 1.82) is 0 Å². The second-order valence-electron chi connectivity index (χ2n) is 4.38. The normalized spacial score (nSPS) is 11.4. The standard InChI is InChI=1S/C16H18N2O/c1-12-7-6-10-17-16(12)13(2)18-11-14-8-4-5-9-15(14)19-3/h4-10H,11H2,1-3H3. The van der Waals surface area contributed by atoms with E-state index in [2.05, 4.69) is 9.98 Å². The average molecular weight is 254 g/mol. The summed E-state index contributed by atoms with van der Waals surface area (Å²) in [5, 5.41) is 0. The highest BCUT2D eigenvalue weighted by atomic mass is 16.5. The number of pyridine rings is 1. The van der Waals surface area contributed by atoms with Gasteiger partial charge < -0.3 is 4.74 Å². The number of methoxy groups -OCH3 is 1. The molecule has 0 radical (unpaired) electrons. The van der Waals surface area contributed by atoms with Crippen LogP contribution in [0, 0.1) is 6.92 Å². The first kappa shape index (κ1) is 13.3. The summed E-state index contributed by atoms with van der Waals surface area (Å²) in [6.45, 7) is 4.64. The zero-order chi connectivity index (χ0) is 13.7. The Morgan fingerprint density at radius 3 is 2.74 bits per heavy atom. The van der Waals surface area contributed by atoms with Crippen molar-refractivity contribution in [3.8, 4) is 5.75 Å². The van der Waals surface area contributed by atoms with Gasteiger partial charge in [-0.2, -0.15) is 0 Å². The molecule has 0 aliphatic rings. The Morgan fingerprint density at radius 2 is 2.00 bits per heavy atom. The summed E-state index contributed by atoms with van der Waals surface area (Å²) in [6, 6.07) is 11.9. The Balaban J connectivity index is 2.21. The van der Waals surface area contributed by atoms with Gasteiger partial charge in [-0.05, 0) is 31.5 Å². The minimum absolute atomic E-state index is 0.603. The molecule has 3 nitrogen and oxygen atoms in total. The fraction of sp³-hybridized carbons (Fsp3) is 0.250. The van der Waals surface area contributed by atoms with Gasteiger partial charge in [0, 0.05) is 11.8 Å². The molecule has 0 atom stereocenters. The monoisotopic (exact) mass is 254 g/mol. The SMILES string of the molecule is COc1ccccc1CN=C(C)c1ncccc1C. The van der Waals surface area contributed by atoms with Crippen molar-refractivity contribution in [2.75, 3.05) is 7.11 Å². The maximum atomic E-state index is 5.32. The van der Waals surface area contributed by atoms with Crippen LogP contribution in [0.3, 0.4) is 0 Å². The minimum Gasteiger partial charge on any atom is -0.496 e. The number of hydrogen-bond donors (Lipinski definition) is 0. The Labute approximate surface area is 114 Å². The number of para-hydroxylation sites is 1. The first-order chi connectivity index (χ1) is 9.22. The molecule has 2 rings (SSSR count). The predicted molar refractivity (Wildman–Crippen MR) is 77.9 cm³/mol. The molecule has 0 unspecified atom stereocenters. The van der Waals surface area contributed by atoms with Crippen molar-refractivity contribution in [3.63, 3.8) is 0 Å². The number of nitrogens with zero attached hydrogens (tertiary/aromatic N) is 2. The minimum atomic E-state index is 0.603. The van der Waals surface area contributed by atoms with Gasteiger partial charge in [-0.25, -0.2) is 0 Å². The van der Waals surface area contributed by atoms with E-state index in [4.69, 9.17) is 4.74 Å². The number of benzene rings is 1. The molecular weight excluding hydrogens is 236 g/mol. The van der Waals surface area contributed by atoms with E-state index in [0.29, 0.717) is 6.54 Å². The van der Waals surface area contributed by atoms with Crippen molar-refractivity contribution < 1.29 is 4.74 Å². The van der Waals surface area contributed by atoms with Crippen LogP contribution in [0.5, 0.6) is 5.75 Å². The summed E-state index contributed by atoms with van der Waals surface area (Å²) in [6.07, 6.45) is 1.80. The molecule has 1 heterocycles. The third kappa shape index (κ3) is 3.19. The summed E-state index contributed by atoms with van der Waals surface area (Å²) in [5.41, 5.74) is 4.13. The molecular formula is C16H18N2O. The lowest BCUT2D eigenvalue weighted by Crippen LogP contribution is -2.02. The number of aromatic nitrogens is 1. The highest BCUT2D eigenvalue weighted by molar-refractivity contribution is 5.98. The topological polar surface area (TPSA) is 34.5 Å². The summed E-state index contributed by atoms with van der Waals surface area (Å²) < 4.78 is 5.32. The van der Waals surface area contributed by atoms with Gasteiger partial charge in [-0.15, -0.1) is 0 Å². The van der Waals surface area contributed by atoms with E-state index < -0.39 is 0 Å². The maximum Gasteiger partial charge on any atom is 0.123 e. The van der Waals surface area contributed by atoms with Gasteiger partial charge in [0.1, 0.15) is 5.75 Å². The van der Waals surface area contributed by atoms with Gasteiger partial charge >= 0.3 is 0 Å². The van der Waals surface area contributed by atoms with Crippen molar-refractivity contribution >= 4 is 5.71 Å². The van der Waals surface area contributed by atoms with E-state index in [9.17, 15) is 0 Å². The fourth-order valence-corrected chi connectivity index (χ4v) is 1.98. The Bertz CT molecular complexity index is 591. The molecule has 1 aromatic heterocycles. The van der Waals surface area contributed by atoms with Gasteiger partial charge in [-0.1, -0.05) is 24.3 Å². The van der Waals surface area contributed by atoms with E-state index >= 15 is 0 Å². The van der Waals surface area contributed by atoms with E-state index in [0.717, 1.165) is 28.3 Å². The van der Waals surface area contributed by atoms with Crippen LogP contribution in [-0.4, -0.2) is 17.8 Å². The summed E-state index contributed by atoms with van der Waals surface area (Å²) in [5.74, 6) is 0.872. The van der Waals surface area contributed by atoms with Crippen LogP contribution < -0.4 is 4.74 Å². The third-order valence-corrected chi connectivity index (χ3v) is 3.03. The number of hydrogen-bond acceptors (Lipinski definition) is 3. The molecule has 0 aliphatic heterocycles. The molecule has 0 spiro atoms. The van der Waals surface area contributed by atoms with E-state index in [1.807, 2.05) is 50.2 Å². The average Bonchev–Trinajstić information content (AvgIpc) is 2.45. The first-order valence-corrected chi connectivity index (χ1v) is 6.27. The Kier molecular flexibility index (Phi) is 4.29. The van der Waals surface area contributed by atoms with Crippen LogP contribution in [0.2, 0.25) is 0 Å². The lowest BCUT2D eigenvalue weighted by molar-refractivity contribution is 0.410. The van der Waals surface area contributed by atoms with Crippen LogP contribution >= 0.6 is 0 Å².